The number of aromatic nitrogens is 3. The lowest BCUT2D eigenvalue weighted by Gasteiger charge is -2.08. The summed E-state index contributed by atoms with van der Waals surface area (Å²) in [4.78, 5) is 8.51. The van der Waals surface area contributed by atoms with Crippen molar-refractivity contribution in [3.05, 3.63) is 40.5 Å². The summed E-state index contributed by atoms with van der Waals surface area (Å²) in [7, 11) is 1.97. The van der Waals surface area contributed by atoms with E-state index in [9.17, 15) is 0 Å². The highest BCUT2D eigenvalue weighted by atomic mass is 79.9. The molecule has 0 aliphatic rings. The predicted molar refractivity (Wildman–Crippen MR) is 67.2 cm³/mol. The lowest BCUT2D eigenvalue weighted by molar-refractivity contribution is 0.810. The molecule has 0 atom stereocenters. The topological polar surface area (TPSA) is 42.7 Å². The van der Waals surface area contributed by atoms with Gasteiger partial charge in [0, 0.05) is 25.6 Å². The smallest absolute Gasteiger partial charge is 0.140 e. The third-order valence-electron chi connectivity index (χ3n) is 2.42. The van der Waals surface area contributed by atoms with E-state index in [4.69, 9.17) is 0 Å². The number of nitrogens with one attached hydrogen (secondary N) is 1. The van der Waals surface area contributed by atoms with Crippen LogP contribution in [0.4, 0.5) is 5.82 Å². The van der Waals surface area contributed by atoms with E-state index in [-0.39, 0.29) is 0 Å². The summed E-state index contributed by atoms with van der Waals surface area (Å²) in [5, 5.41) is 3.26. The van der Waals surface area contributed by atoms with Gasteiger partial charge in [-0.25, -0.2) is 9.97 Å². The molecule has 2 aromatic heterocycles. The second kappa shape index (κ2) is 4.65. The van der Waals surface area contributed by atoms with Crippen LogP contribution in [0.25, 0.3) is 0 Å². The minimum atomic E-state index is 0.665. The Morgan fingerprint density at radius 1 is 1.38 bits per heavy atom. The SMILES string of the molecule is Cc1ccnc(NCc2nccn2C)c1Br. The van der Waals surface area contributed by atoms with Gasteiger partial charge in [-0.05, 0) is 34.5 Å². The highest BCUT2D eigenvalue weighted by Crippen LogP contribution is 2.23. The van der Waals surface area contributed by atoms with Gasteiger partial charge in [0.2, 0.25) is 0 Å². The molecule has 1 N–H and O–H groups in total. The van der Waals surface area contributed by atoms with Gasteiger partial charge in [-0.1, -0.05) is 0 Å². The van der Waals surface area contributed by atoms with E-state index in [1.165, 1.54) is 0 Å². The highest BCUT2D eigenvalue weighted by molar-refractivity contribution is 9.10. The Morgan fingerprint density at radius 2 is 2.19 bits per heavy atom. The molecule has 0 aliphatic heterocycles. The molecule has 84 valence electrons. The molecule has 0 unspecified atom stereocenters. The molecule has 0 aliphatic carbocycles. The van der Waals surface area contributed by atoms with Crippen molar-refractivity contribution in [2.24, 2.45) is 7.05 Å². The van der Waals surface area contributed by atoms with Gasteiger partial charge in [0.25, 0.3) is 0 Å². The minimum absolute atomic E-state index is 0.665. The first-order valence-electron chi connectivity index (χ1n) is 4.99. The fourth-order valence-corrected chi connectivity index (χ4v) is 1.77. The number of pyridine rings is 1. The largest absolute Gasteiger partial charge is 0.362 e. The van der Waals surface area contributed by atoms with E-state index < -0.39 is 0 Å². The van der Waals surface area contributed by atoms with Crippen LogP contribution in [0.15, 0.2) is 29.1 Å². The van der Waals surface area contributed by atoms with E-state index in [0.717, 1.165) is 21.7 Å². The van der Waals surface area contributed by atoms with E-state index >= 15 is 0 Å². The van der Waals surface area contributed by atoms with Crippen molar-refractivity contribution in [2.45, 2.75) is 13.5 Å². The summed E-state index contributed by atoms with van der Waals surface area (Å²) in [6.07, 6.45) is 5.51. The van der Waals surface area contributed by atoms with Gasteiger partial charge in [0.05, 0.1) is 11.0 Å². The zero-order chi connectivity index (χ0) is 11.5. The fourth-order valence-electron chi connectivity index (χ4n) is 1.39. The first kappa shape index (κ1) is 11.1. The average molecular weight is 281 g/mol. The summed E-state index contributed by atoms with van der Waals surface area (Å²) in [6.45, 7) is 2.70. The number of rotatable bonds is 3. The van der Waals surface area contributed by atoms with Crippen LogP contribution >= 0.6 is 15.9 Å². The lowest BCUT2D eigenvalue weighted by Crippen LogP contribution is -2.07. The van der Waals surface area contributed by atoms with Crippen molar-refractivity contribution >= 4 is 21.7 Å². The minimum Gasteiger partial charge on any atom is -0.362 e. The number of aryl methyl sites for hydroxylation is 2. The predicted octanol–water partition coefficient (Wildman–Crippen LogP) is 2.50. The summed E-state index contributed by atoms with van der Waals surface area (Å²) >= 11 is 3.51. The Labute approximate surface area is 103 Å². The molecule has 0 saturated heterocycles. The zero-order valence-corrected chi connectivity index (χ0v) is 10.8. The Hall–Kier alpha value is -1.36. The Bertz CT molecular complexity index is 492. The van der Waals surface area contributed by atoms with Gasteiger partial charge in [-0.2, -0.15) is 0 Å². The summed E-state index contributed by atoms with van der Waals surface area (Å²) < 4.78 is 2.99. The molecule has 0 bridgehead atoms. The molecule has 2 aromatic rings. The number of halogens is 1. The van der Waals surface area contributed by atoms with Crippen LogP contribution in [0.1, 0.15) is 11.4 Å². The first-order chi connectivity index (χ1) is 7.68. The molecule has 0 spiro atoms. The molecule has 2 heterocycles. The molecule has 2 rings (SSSR count). The molecule has 0 radical (unpaired) electrons. The van der Waals surface area contributed by atoms with Crippen molar-refractivity contribution in [3.8, 4) is 0 Å². The van der Waals surface area contributed by atoms with E-state index in [2.05, 4.69) is 31.2 Å². The van der Waals surface area contributed by atoms with Crippen molar-refractivity contribution in [1.29, 1.82) is 0 Å². The number of nitrogens with zero attached hydrogens (tertiary/aromatic N) is 3. The van der Waals surface area contributed by atoms with Crippen LogP contribution in [0.3, 0.4) is 0 Å². The molecular formula is C11H13BrN4. The van der Waals surface area contributed by atoms with Crippen molar-refractivity contribution in [2.75, 3.05) is 5.32 Å². The maximum Gasteiger partial charge on any atom is 0.140 e. The maximum atomic E-state index is 4.27. The number of anilines is 1. The van der Waals surface area contributed by atoms with Crippen LogP contribution in [0.2, 0.25) is 0 Å². The van der Waals surface area contributed by atoms with Crippen LogP contribution in [0, 0.1) is 6.92 Å². The van der Waals surface area contributed by atoms with Crippen molar-refractivity contribution < 1.29 is 0 Å². The number of hydrogen-bond acceptors (Lipinski definition) is 3. The van der Waals surface area contributed by atoms with Gasteiger partial charge in [0.15, 0.2) is 0 Å². The molecule has 16 heavy (non-hydrogen) atoms. The molecule has 4 nitrogen and oxygen atoms in total. The molecule has 0 fully saturated rings. The third-order valence-corrected chi connectivity index (χ3v) is 3.42. The van der Waals surface area contributed by atoms with Gasteiger partial charge in [-0.15, -0.1) is 0 Å². The monoisotopic (exact) mass is 280 g/mol. The summed E-state index contributed by atoms with van der Waals surface area (Å²) in [6, 6.07) is 1.97. The van der Waals surface area contributed by atoms with Gasteiger partial charge < -0.3 is 9.88 Å². The summed E-state index contributed by atoms with van der Waals surface area (Å²) in [5.41, 5.74) is 1.16. The maximum absolute atomic E-state index is 4.27. The average Bonchev–Trinajstić information content (AvgIpc) is 2.67. The van der Waals surface area contributed by atoms with E-state index in [1.54, 1.807) is 12.4 Å². The standard InChI is InChI=1S/C11H13BrN4/c1-8-3-4-14-11(10(8)12)15-7-9-13-5-6-16(9)2/h3-6H,7H2,1-2H3,(H,14,15). The Kier molecular flexibility index (Phi) is 3.24. The second-order valence-corrected chi connectivity index (χ2v) is 4.39. The van der Waals surface area contributed by atoms with Crippen molar-refractivity contribution in [3.63, 3.8) is 0 Å². The number of imidazole rings is 1. The van der Waals surface area contributed by atoms with Gasteiger partial charge in [0.1, 0.15) is 11.6 Å². The zero-order valence-electron chi connectivity index (χ0n) is 9.24. The molecule has 0 amide bonds. The fraction of sp³-hybridized carbons (Fsp3) is 0.273. The van der Waals surface area contributed by atoms with Crippen LogP contribution in [-0.4, -0.2) is 14.5 Å². The van der Waals surface area contributed by atoms with Crippen LogP contribution < -0.4 is 5.32 Å². The normalized spacial score (nSPS) is 10.4. The Balaban J connectivity index is 2.11. The van der Waals surface area contributed by atoms with Crippen molar-refractivity contribution in [1.82, 2.24) is 14.5 Å². The second-order valence-electron chi connectivity index (χ2n) is 3.60. The van der Waals surface area contributed by atoms with Crippen LogP contribution in [-0.2, 0) is 13.6 Å². The molecule has 0 aromatic carbocycles. The Morgan fingerprint density at radius 3 is 2.88 bits per heavy atom. The molecular weight excluding hydrogens is 268 g/mol. The number of hydrogen-bond donors (Lipinski definition) is 1. The van der Waals surface area contributed by atoms with Gasteiger partial charge >= 0.3 is 0 Å². The van der Waals surface area contributed by atoms with E-state index in [0.29, 0.717) is 6.54 Å². The quantitative estimate of drug-likeness (QED) is 0.940. The summed E-state index contributed by atoms with van der Waals surface area (Å²) in [5.74, 6) is 1.83. The van der Waals surface area contributed by atoms with Crippen LogP contribution in [0.5, 0.6) is 0 Å². The highest BCUT2D eigenvalue weighted by Gasteiger charge is 2.04. The van der Waals surface area contributed by atoms with Gasteiger partial charge in [-0.3, -0.25) is 0 Å². The lowest BCUT2D eigenvalue weighted by atomic mass is 10.3. The van der Waals surface area contributed by atoms with E-state index in [1.807, 2.05) is 30.8 Å². The molecule has 5 heteroatoms. The third kappa shape index (κ3) is 2.24. The first-order valence-corrected chi connectivity index (χ1v) is 5.79. The molecule has 0 saturated carbocycles.